The summed E-state index contributed by atoms with van der Waals surface area (Å²) in [4.78, 5) is 12.2. The number of carbonyl (C=O) groups is 1. The van der Waals surface area contributed by atoms with Crippen LogP contribution in [0.3, 0.4) is 0 Å². The maximum atomic E-state index is 13.7. The molecular formula is C13H16FNO2. The lowest BCUT2D eigenvalue weighted by Crippen LogP contribution is -2.47. The molecule has 0 aliphatic heterocycles. The smallest absolute Gasteiger partial charge is 0.185 e. The Hall–Kier alpha value is -1.42. The molecule has 1 saturated carbocycles. The molecule has 0 aromatic heterocycles. The van der Waals surface area contributed by atoms with Crippen LogP contribution in [0.5, 0.6) is 5.75 Å². The van der Waals surface area contributed by atoms with Crippen molar-refractivity contribution < 1.29 is 13.9 Å². The lowest BCUT2D eigenvalue weighted by atomic mass is 9.87. The van der Waals surface area contributed by atoms with Crippen molar-refractivity contribution in [2.45, 2.75) is 25.3 Å². The summed E-state index contributed by atoms with van der Waals surface area (Å²) in [6, 6.07) is 4.21. The molecule has 1 atom stereocenters. The van der Waals surface area contributed by atoms with E-state index >= 15 is 0 Å². The normalized spacial score (nSPS) is 18.6. The second-order valence-corrected chi connectivity index (χ2v) is 4.73. The number of hydrogen-bond acceptors (Lipinski definition) is 3. The van der Waals surface area contributed by atoms with E-state index in [-0.39, 0.29) is 17.3 Å². The third-order valence-electron chi connectivity index (χ3n) is 3.34. The first kappa shape index (κ1) is 12.0. The van der Waals surface area contributed by atoms with Crippen molar-refractivity contribution in [3.63, 3.8) is 0 Å². The Morgan fingerprint density at radius 2 is 2.18 bits per heavy atom. The van der Waals surface area contributed by atoms with Gasteiger partial charge in [-0.05, 0) is 37.8 Å². The van der Waals surface area contributed by atoms with Gasteiger partial charge in [0.15, 0.2) is 5.78 Å². The first-order chi connectivity index (χ1) is 7.96. The number of nitrogens with two attached hydrogens (primary N) is 1. The standard InChI is InChI=1S/C13H16FNO2/c1-13(15,8-3-4-8)12(16)10-6-5-9(17-2)7-11(10)14/h5-8H,3-4,15H2,1-2H3. The zero-order chi connectivity index (χ0) is 12.6. The van der Waals surface area contributed by atoms with Crippen LogP contribution in [0.1, 0.15) is 30.1 Å². The van der Waals surface area contributed by atoms with Gasteiger partial charge in [-0.15, -0.1) is 0 Å². The Kier molecular flexibility index (Phi) is 2.91. The minimum absolute atomic E-state index is 0.0442. The predicted molar refractivity (Wildman–Crippen MR) is 62.6 cm³/mol. The van der Waals surface area contributed by atoms with Gasteiger partial charge in [0.1, 0.15) is 11.6 Å². The van der Waals surface area contributed by atoms with Crippen LogP contribution >= 0.6 is 0 Å². The average Bonchev–Trinajstić information content (AvgIpc) is 3.12. The molecule has 1 aliphatic carbocycles. The van der Waals surface area contributed by atoms with E-state index in [1.54, 1.807) is 13.0 Å². The van der Waals surface area contributed by atoms with Crippen LogP contribution < -0.4 is 10.5 Å². The second kappa shape index (κ2) is 4.11. The summed E-state index contributed by atoms with van der Waals surface area (Å²) >= 11 is 0. The molecule has 1 fully saturated rings. The monoisotopic (exact) mass is 237 g/mol. The van der Waals surface area contributed by atoms with E-state index in [9.17, 15) is 9.18 Å². The van der Waals surface area contributed by atoms with Gasteiger partial charge in [-0.2, -0.15) is 0 Å². The van der Waals surface area contributed by atoms with E-state index in [4.69, 9.17) is 10.5 Å². The molecule has 4 heteroatoms. The van der Waals surface area contributed by atoms with Gasteiger partial charge in [0.25, 0.3) is 0 Å². The van der Waals surface area contributed by atoms with Gasteiger partial charge in [0.05, 0.1) is 18.2 Å². The molecule has 0 radical (unpaired) electrons. The van der Waals surface area contributed by atoms with Crippen LogP contribution in [-0.2, 0) is 0 Å². The maximum absolute atomic E-state index is 13.7. The van der Waals surface area contributed by atoms with Gasteiger partial charge in [-0.25, -0.2) is 4.39 Å². The summed E-state index contributed by atoms with van der Waals surface area (Å²) in [6.07, 6.45) is 1.88. The Bertz CT molecular complexity index is 453. The molecule has 0 spiro atoms. The summed E-state index contributed by atoms with van der Waals surface area (Å²) in [5.74, 6) is -0.340. The third kappa shape index (κ3) is 2.17. The number of benzene rings is 1. The Morgan fingerprint density at radius 1 is 1.53 bits per heavy atom. The van der Waals surface area contributed by atoms with Crippen LogP contribution in [0.15, 0.2) is 18.2 Å². The van der Waals surface area contributed by atoms with Crippen molar-refractivity contribution in [1.82, 2.24) is 0 Å². The van der Waals surface area contributed by atoms with Crippen molar-refractivity contribution in [2.24, 2.45) is 11.7 Å². The van der Waals surface area contributed by atoms with Gasteiger partial charge >= 0.3 is 0 Å². The molecule has 1 aromatic carbocycles. The number of Topliss-reactive ketones (excluding diaryl/α,β-unsaturated/α-hetero) is 1. The molecule has 0 heterocycles. The predicted octanol–water partition coefficient (Wildman–Crippen LogP) is 2.14. The van der Waals surface area contributed by atoms with Crippen LogP contribution in [0, 0.1) is 11.7 Å². The van der Waals surface area contributed by atoms with Crippen molar-refractivity contribution in [3.05, 3.63) is 29.6 Å². The van der Waals surface area contributed by atoms with E-state index in [2.05, 4.69) is 0 Å². The number of ether oxygens (including phenoxy) is 1. The second-order valence-electron chi connectivity index (χ2n) is 4.73. The highest BCUT2D eigenvalue weighted by molar-refractivity contribution is 6.03. The molecule has 17 heavy (non-hydrogen) atoms. The summed E-state index contributed by atoms with van der Waals surface area (Å²) < 4.78 is 18.6. The molecule has 0 saturated heterocycles. The maximum Gasteiger partial charge on any atom is 0.185 e. The highest BCUT2D eigenvalue weighted by Crippen LogP contribution is 2.40. The first-order valence-corrected chi connectivity index (χ1v) is 5.64. The van der Waals surface area contributed by atoms with Gasteiger partial charge < -0.3 is 10.5 Å². The molecule has 0 amide bonds. The summed E-state index contributed by atoms with van der Waals surface area (Å²) in [5.41, 5.74) is 5.07. The van der Waals surface area contributed by atoms with Crippen LogP contribution in [-0.4, -0.2) is 18.4 Å². The van der Waals surface area contributed by atoms with Gasteiger partial charge in [-0.3, -0.25) is 4.79 Å². The van der Waals surface area contributed by atoms with Gasteiger partial charge in [-0.1, -0.05) is 0 Å². The Balaban J connectivity index is 2.30. The van der Waals surface area contributed by atoms with Crippen molar-refractivity contribution >= 4 is 5.78 Å². The number of halogens is 1. The molecule has 2 N–H and O–H groups in total. The van der Waals surface area contributed by atoms with Crippen LogP contribution in [0.25, 0.3) is 0 Å². The zero-order valence-electron chi connectivity index (χ0n) is 10.00. The fourth-order valence-corrected chi connectivity index (χ4v) is 1.97. The van der Waals surface area contributed by atoms with E-state index in [0.29, 0.717) is 5.75 Å². The average molecular weight is 237 g/mol. The fraction of sp³-hybridized carbons (Fsp3) is 0.462. The molecule has 3 nitrogen and oxygen atoms in total. The summed E-state index contributed by atoms with van der Waals surface area (Å²) in [7, 11) is 1.45. The fourth-order valence-electron chi connectivity index (χ4n) is 1.97. The van der Waals surface area contributed by atoms with Crippen molar-refractivity contribution in [3.8, 4) is 5.75 Å². The van der Waals surface area contributed by atoms with Gasteiger partial charge in [0, 0.05) is 6.07 Å². The first-order valence-electron chi connectivity index (χ1n) is 5.64. The molecular weight excluding hydrogens is 221 g/mol. The zero-order valence-corrected chi connectivity index (χ0v) is 10.00. The quantitative estimate of drug-likeness (QED) is 0.816. The number of methoxy groups -OCH3 is 1. The molecule has 0 bridgehead atoms. The number of rotatable bonds is 4. The van der Waals surface area contributed by atoms with E-state index in [1.807, 2.05) is 0 Å². The minimum atomic E-state index is -0.963. The highest BCUT2D eigenvalue weighted by Gasteiger charge is 2.44. The lowest BCUT2D eigenvalue weighted by molar-refractivity contribution is 0.0879. The Labute approximate surface area is 99.8 Å². The van der Waals surface area contributed by atoms with Crippen molar-refractivity contribution in [1.29, 1.82) is 0 Å². The number of ketones is 1. The summed E-state index contributed by atoms with van der Waals surface area (Å²) in [5, 5.41) is 0. The molecule has 92 valence electrons. The largest absolute Gasteiger partial charge is 0.497 e. The van der Waals surface area contributed by atoms with E-state index in [0.717, 1.165) is 12.8 Å². The molecule has 1 unspecified atom stereocenters. The molecule has 1 aliphatic rings. The van der Waals surface area contributed by atoms with Crippen LogP contribution in [0.4, 0.5) is 4.39 Å². The Morgan fingerprint density at radius 3 is 2.65 bits per heavy atom. The minimum Gasteiger partial charge on any atom is -0.497 e. The summed E-state index contributed by atoms with van der Waals surface area (Å²) in [6.45, 7) is 1.68. The highest BCUT2D eigenvalue weighted by atomic mass is 19.1. The third-order valence-corrected chi connectivity index (χ3v) is 3.34. The topological polar surface area (TPSA) is 52.3 Å². The van der Waals surface area contributed by atoms with E-state index in [1.165, 1.54) is 19.2 Å². The molecule has 1 aromatic rings. The van der Waals surface area contributed by atoms with Crippen LogP contribution in [0.2, 0.25) is 0 Å². The van der Waals surface area contributed by atoms with Crippen molar-refractivity contribution in [2.75, 3.05) is 7.11 Å². The SMILES string of the molecule is COc1ccc(C(=O)C(C)(N)C2CC2)c(F)c1. The lowest BCUT2D eigenvalue weighted by Gasteiger charge is -2.23. The number of carbonyl (C=O) groups excluding carboxylic acids is 1. The van der Waals surface area contributed by atoms with Gasteiger partial charge in [0.2, 0.25) is 0 Å². The molecule has 2 rings (SSSR count). The number of hydrogen-bond donors (Lipinski definition) is 1. The van der Waals surface area contributed by atoms with E-state index < -0.39 is 11.4 Å².